The molecule has 3 amide bonds. The summed E-state index contributed by atoms with van der Waals surface area (Å²) in [6, 6.07) is -0.703. The highest BCUT2D eigenvalue weighted by Crippen LogP contribution is 2.16. The maximum absolute atomic E-state index is 12.1. The van der Waals surface area contributed by atoms with Crippen molar-refractivity contribution in [1.82, 2.24) is 19.6 Å². The van der Waals surface area contributed by atoms with Crippen LogP contribution in [0.2, 0.25) is 0 Å². The summed E-state index contributed by atoms with van der Waals surface area (Å²) in [7, 11) is 0. The summed E-state index contributed by atoms with van der Waals surface area (Å²) in [5, 5.41) is 5.82. The van der Waals surface area contributed by atoms with Gasteiger partial charge < -0.3 is 10.2 Å². The molecule has 1 aromatic rings. The Morgan fingerprint density at radius 1 is 1.41 bits per heavy atom. The summed E-state index contributed by atoms with van der Waals surface area (Å²) in [5.74, 6) is 1.18. The van der Waals surface area contributed by atoms with Crippen LogP contribution in [0, 0.1) is 5.92 Å². The van der Waals surface area contributed by atoms with Crippen molar-refractivity contribution in [1.29, 1.82) is 0 Å². The van der Waals surface area contributed by atoms with E-state index in [1.165, 1.54) is 0 Å². The molecule has 1 aliphatic heterocycles. The molecule has 22 heavy (non-hydrogen) atoms. The van der Waals surface area contributed by atoms with Gasteiger partial charge in [0.1, 0.15) is 11.9 Å². The summed E-state index contributed by atoms with van der Waals surface area (Å²) in [5.41, 5.74) is 0. The van der Waals surface area contributed by atoms with E-state index < -0.39 is 12.1 Å². The fraction of sp³-hybridized carbons (Fsp3) is 0.714. The number of rotatable bonds is 5. The van der Waals surface area contributed by atoms with E-state index in [0.717, 1.165) is 23.8 Å². The van der Waals surface area contributed by atoms with E-state index in [9.17, 15) is 9.59 Å². The molecule has 8 heteroatoms. The quantitative estimate of drug-likeness (QED) is 0.865. The summed E-state index contributed by atoms with van der Waals surface area (Å²) in [6.07, 6.45) is 1.42. The van der Waals surface area contributed by atoms with Gasteiger partial charge in [-0.2, -0.15) is 4.37 Å². The van der Waals surface area contributed by atoms with Gasteiger partial charge in [0.2, 0.25) is 11.0 Å². The van der Waals surface area contributed by atoms with Gasteiger partial charge in [-0.15, -0.1) is 0 Å². The summed E-state index contributed by atoms with van der Waals surface area (Å²) < 4.78 is 4.20. The lowest BCUT2D eigenvalue weighted by atomic mass is 10.1. The van der Waals surface area contributed by atoms with Crippen LogP contribution < -0.4 is 10.6 Å². The third-order valence-corrected chi connectivity index (χ3v) is 4.12. The zero-order valence-corrected chi connectivity index (χ0v) is 14.2. The highest BCUT2D eigenvalue weighted by molar-refractivity contribution is 7.09. The smallest absolute Gasteiger partial charge is 0.321 e. The van der Waals surface area contributed by atoms with Crippen molar-refractivity contribution in [3.8, 4) is 0 Å². The predicted molar refractivity (Wildman–Crippen MR) is 85.9 cm³/mol. The first-order valence-corrected chi connectivity index (χ1v) is 8.34. The molecule has 0 bridgehead atoms. The largest absolute Gasteiger partial charge is 0.338 e. The summed E-state index contributed by atoms with van der Waals surface area (Å²) >= 11 is 1.16. The highest BCUT2D eigenvalue weighted by atomic mass is 32.1. The second-order valence-electron chi connectivity index (χ2n) is 6.18. The monoisotopic (exact) mass is 325 g/mol. The number of aromatic nitrogens is 2. The van der Waals surface area contributed by atoms with Gasteiger partial charge in [0, 0.05) is 30.5 Å². The minimum Gasteiger partial charge on any atom is -0.338 e. The molecule has 1 saturated heterocycles. The van der Waals surface area contributed by atoms with Crippen molar-refractivity contribution in [2.45, 2.75) is 52.6 Å². The van der Waals surface area contributed by atoms with Crippen LogP contribution in [0.5, 0.6) is 0 Å². The maximum Gasteiger partial charge on any atom is 0.321 e. The van der Waals surface area contributed by atoms with Crippen LogP contribution in [0.15, 0.2) is 0 Å². The van der Waals surface area contributed by atoms with Crippen LogP contribution in [0.25, 0.3) is 0 Å². The second-order valence-corrected chi connectivity index (χ2v) is 6.93. The molecule has 2 heterocycles. The van der Waals surface area contributed by atoms with E-state index in [-0.39, 0.29) is 11.9 Å². The normalized spacial score (nSPS) is 18.4. The third-order valence-electron chi connectivity index (χ3n) is 3.45. The van der Waals surface area contributed by atoms with E-state index in [2.05, 4.69) is 33.8 Å². The Morgan fingerprint density at radius 2 is 2.14 bits per heavy atom. The lowest BCUT2D eigenvalue weighted by molar-refractivity contribution is -0.130. The summed E-state index contributed by atoms with van der Waals surface area (Å²) in [4.78, 5) is 30.1. The lowest BCUT2D eigenvalue weighted by Gasteiger charge is -2.21. The van der Waals surface area contributed by atoms with Crippen molar-refractivity contribution in [2.75, 3.05) is 11.9 Å². The second kappa shape index (κ2) is 7.04. The van der Waals surface area contributed by atoms with Crippen LogP contribution in [0.1, 0.15) is 39.9 Å². The average Bonchev–Trinajstić information content (AvgIpc) is 2.97. The molecule has 0 radical (unpaired) electrons. The molecule has 0 aromatic carbocycles. The van der Waals surface area contributed by atoms with Crippen molar-refractivity contribution in [3.63, 3.8) is 0 Å². The van der Waals surface area contributed by atoms with E-state index in [1.54, 1.807) is 4.90 Å². The van der Waals surface area contributed by atoms with Gasteiger partial charge in [-0.1, -0.05) is 13.8 Å². The Bertz CT molecular complexity index is 543. The minimum atomic E-state index is -0.453. The van der Waals surface area contributed by atoms with Crippen LogP contribution in [-0.4, -0.2) is 44.8 Å². The number of amides is 3. The Balaban J connectivity index is 1.86. The average molecular weight is 325 g/mol. The number of nitrogens with one attached hydrogen (secondary N) is 2. The molecule has 2 N–H and O–H groups in total. The minimum absolute atomic E-state index is 0.0251. The lowest BCUT2D eigenvalue weighted by Crippen LogP contribution is -2.44. The number of anilines is 1. The number of hydrogen-bond acceptors (Lipinski definition) is 5. The molecule has 1 fully saturated rings. The number of carbonyl (C=O) groups is 2. The van der Waals surface area contributed by atoms with Gasteiger partial charge in [0.15, 0.2) is 0 Å². The SMILES string of the molecule is CC(C)Cc1nsc(NC(=O)NC2CCN(C(C)C)C2=O)n1. The summed E-state index contributed by atoms with van der Waals surface area (Å²) in [6.45, 7) is 8.80. The Hall–Kier alpha value is -1.70. The zero-order valence-electron chi connectivity index (χ0n) is 13.4. The molecule has 0 saturated carbocycles. The number of nitrogens with zero attached hydrogens (tertiary/aromatic N) is 3. The van der Waals surface area contributed by atoms with Crippen LogP contribution in [0.4, 0.5) is 9.93 Å². The van der Waals surface area contributed by atoms with Gasteiger partial charge in [-0.3, -0.25) is 10.1 Å². The molecule has 1 unspecified atom stereocenters. The molecule has 1 aromatic heterocycles. The maximum atomic E-state index is 12.1. The third kappa shape index (κ3) is 4.16. The van der Waals surface area contributed by atoms with Crippen LogP contribution in [0.3, 0.4) is 0 Å². The first kappa shape index (κ1) is 16.7. The first-order chi connectivity index (χ1) is 10.4. The topological polar surface area (TPSA) is 87.2 Å². The predicted octanol–water partition coefficient (Wildman–Crippen LogP) is 1.87. The number of likely N-dealkylation sites (tertiary alicyclic amines) is 1. The molecule has 0 spiro atoms. The molecule has 0 aliphatic carbocycles. The van der Waals surface area contributed by atoms with Crippen molar-refractivity contribution < 1.29 is 9.59 Å². The molecule has 7 nitrogen and oxygen atoms in total. The molecule has 1 atom stereocenters. The number of hydrogen-bond donors (Lipinski definition) is 2. The van der Waals surface area contributed by atoms with E-state index in [0.29, 0.717) is 24.0 Å². The Kier molecular flexibility index (Phi) is 5.33. The Labute approximate surface area is 134 Å². The van der Waals surface area contributed by atoms with Gasteiger partial charge in [0.05, 0.1) is 0 Å². The van der Waals surface area contributed by atoms with Crippen LogP contribution in [-0.2, 0) is 11.2 Å². The molecular formula is C14H23N5O2S. The van der Waals surface area contributed by atoms with Crippen molar-refractivity contribution >= 4 is 28.6 Å². The first-order valence-electron chi connectivity index (χ1n) is 7.57. The van der Waals surface area contributed by atoms with Gasteiger partial charge >= 0.3 is 6.03 Å². The van der Waals surface area contributed by atoms with Crippen LogP contribution >= 0.6 is 11.5 Å². The highest BCUT2D eigenvalue weighted by Gasteiger charge is 2.34. The standard InChI is InChI=1S/C14H23N5O2S/c1-8(2)7-11-16-14(22-18-11)17-13(21)15-10-5-6-19(9(3)4)12(10)20/h8-10H,5-7H2,1-4H3,(H2,15,16,17,18,21). The van der Waals surface area contributed by atoms with Crippen molar-refractivity contribution in [3.05, 3.63) is 5.82 Å². The van der Waals surface area contributed by atoms with Gasteiger partial charge in [-0.05, 0) is 26.2 Å². The Morgan fingerprint density at radius 3 is 2.73 bits per heavy atom. The van der Waals surface area contributed by atoms with Gasteiger partial charge in [0.25, 0.3) is 0 Å². The number of carbonyl (C=O) groups excluding carboxylic acids is 2. The molecular weight excluding hydrogens is 302 g/mol. The molecule has 1 aliphatic rings. The van der Waals surface area contributed by atoms with E-state index >= 15 is 0 Å². The van der Waals surface area contributed by atoms with Crippen molar-refractivity contribution in [2.24, 2.45) is 5.92 Å². The van der Waals surface area contributed by atoms with E-state index in [1.807, 2.05) is 13.8 Å². The zero-order chi connectivity index (χ0) is 16.3. The fourth-order valence-corrected chi connectivity index (χ4v) is 2.98. The molecule has 122 valence electrons. The fourth-order valence-electron chi connectivity index (χ4n) is 2.39. The van der Waals surface area contributed by atoms with Gasteiger partial charge in [-0.25, -0.2) is 9.78 Å². The number of urea groups is 1. The molecule has 2 rings (SSSR count). The van der Waals surface area contributed by atoms with E-state index in [4.69, 9.17) is 0 Å².